The van der Waals surface area contributed by atoms with Gasteiger partial charge in [-0.25, -0.2) is 0 Å². The van der Waals surface area contributed by atoms with Gasteiger partial charge in [-0.2, -0.15) is 0 Å². The van der Waals surface area contributed by atoms with Crippen molar-refractivity contribution in [1.82, 2.24) is 0 Å². The Morgan fingerprint density at radius 3 is 2.50 bits per heavy atom. The second-order valence-corrected chi connectivity index (χ2v) is 6.95. The quantitative estimate of drug-likeness (QED) is 0.587. The standard InChI is InChI=1S/C22H24O6/c1-4-5-15-17(24)9-20-21(22(15)26)18(25)10-19(28-20)13-6-7-14(16(23)8-13)12(2)11-27-3/h6-10,12,23-24,26H,4-5,11H2,1-3H3. The number of hydrogen-bond acceptors (Lipinski definition) is 6. The molecule has 0 bridgehead atoms. The molecule has 0 aliphatic rings. The summed E-state index contributed by atoms with van der Waals surface area (Å²) < 4.78 is 10.9. The maximum Gasteiger partial charge on any atom is 0.197 e. The summed E-state index contributed by atoms with van der Waals surface area (Å²) in [5.74, 6) is -0.0365. The van der Waals surface area contributed by atoms with Gasteiger partial charge in [0.05, 0.1) is 6.61 Å². The molecule has 1 heterocycles. The van der Waals surface area contributed by atoms with Crippen molar-refractivity contribution in [3.63, 3.8) is 0 Å². The lowest BCUT2D eigenvalue weighted by Crippen LogP contribution is -2.03. The molecular formula is C22H24O6. The Labute approximate surface area is 162 Å². The molecule has 3 N–H and O–H groups in total. The second-order valence-electron chi connectivity index (χ2n) is 6.95. The number of aromatic hydroxyl groups is 3. The molecule has 3 rings (SSSR count). The van der Waals surface area contributed by atoms with Crippen molar-refractivity contribution in [2.45, 2.75) is 32.6 Å². The number of fused-ring (bicyclic) bond motifs is 1. The molecule has 0 fully saturated rings. The molecule has 0 aliphatic carbocycles. The topological polar surface area (TPSA) is 100 Å². The van der Waals surface area contributed by atoms with Gasteiger partial charge in [0.15, 0.2) is 5.43 Å². The minimum absolute atomic E-state index is 0.00791. The zero-order chi connectivity index (χ0) is 20.4. The van der Waals surface area contributed by atoms with Crippen molar-refractivity contribution >= 4 is 11.0 Å². The fourth-order valence-electron chi connectivity index (χ4n) is 3.42. The maximum atomic E-state index is 12.6. The van der Waals surface area contributed by atoms with Crippen LogP contribution in [0.3, 0.4) is 0 Å². The Hall–Kier alpha value is -2.99. The van der Waals surface area contributed by atoms with E-state index in [2.05, 4.69) is 0 Å². The van der Waals surface area contributed by atoms with E-state index in [9.17, 15) is 20.1 Å². The van der Waals surface area contributed by atoms with Crippen LogP contribution in [0, 0.1) is 0 Å². The van der Waals surface area contributed by atoms with E-state index in [1.54, 1.807) is 19.2 Å². The summed E-state index contributed by atoms with van der Waals surface area (Å²) in [6.07, 6.45) is 1.16. The van der Waals surface area contributed by atoms with Gasteiger partial charge >= 0.3 is 0 Å². The summed E-state index contributed by atoms with van der Waals surface area (Å²) in [7, 11) is 1.60. The van der Waals surface area contributed by atoms with Crippen molar-refractivity contribution < 1.29 is 24.5 Å². The second kappa shape index (κ2) is 7.94. The van der Waals surface area contributed by atoms with Crippen LogP contribution in [0.15, 0.2) is 39.5 Å². The zero-order valence-corrected chi connectivity index (χ0v) is 16.2. The van der Waals surface area contributed by atoms with Crippen LogP contribution in [0.1, 0.15) is 37.3 Å². The highest BCUT2D eigenvalue weighted by Gasteiger charge is 2.18. The summed E-state index contributed by atoms with van der Waals surface area (Å²) in [6, 6.07) is 7.66. The molecule has 1 atom stereocenters. The normalized spacial score (nSPS) is 12.4. The lowest BCUT2D eigenvalue weighted by molar-refractivity contribution is 0.183. The van der Waals surface area contributed by atoms with Crippen molar-refractivity contribution in [2.75, 3.05) is 13.7 Å². The number of rotatable bonds is 6. The molecule has 0 radical (unpaired) electrons. The summed E-state index contributed by atoms with van der Waals surface area (Å²) in [5, 5.41) is 31.0. The van der Waals surface area contributed by atoms with Crippen molar-refractivity contribution in [3.05, 3.63) is 51.7 Å². The molecule has 0 saturated carbocycles. The van der Waals surface area contributed by atoms with Gasteiger partial charge in [-0.15, -0.1) is 0 Å². The molecule has 0 aliphatic heterocycles. The fraction of sp³-hybridized carbons (Fsp3) is 0.318. The van der Waals surface area contributed by atoms with Crippen molar-refractivity contribution in [2.24, 2.45) is 0 Å². The first-order chi connectivity index (χ1) is 13.4. The molecule has 28 heavy (non-hydrogen) atoms. The molecule has 0 saturated heterocycles. The highest BCUT2D eigenvalue weighted by Crippen LogP contribution is 2.37. The van der Waals surface area contributed by atoms with Crippen LogP contribution in [0.25, 0.3) is 22.3 Å². The van der Waals surface area contributed by atoms with Gasteiger partial charge < -0.3 is 24.5 Å². The summed E-state index contributed by atoms with van der Waals surface area (Å²) >= 11 is 0. The number of methoxy groups -OCH3 is 1. The SMILES string of the molecule is CCCc1c(O)cc2oc(-c3ccc(C(C)COC)c(O)c3)cc(=O)c2c1O. The third-order valence-electron chi connectivity index (χ3n) is 4.84. The predicted octanol–water partition coefficient (Wildman–Crippen LogP) is 4.28. The zero-order valence-electron chi connectivity index (χ0n) is 16.2. The van der Waals surface area contributed by atoms with Crippen molar-refractivity contribution in [1.29, 1.82) is 0 Å². The smallest absolute Gasteiger partial charge is 0.197 e. The third-order valence-corrected chi connectivity index (χ3v) is 4.84. The first kappa shape index (κ1) is 19.8. The van der Waals surface area contributed by atoms with Crippen LogP contribution in [-0.2, 0) is 11.2 Å². The largest absolute Gasteiger partial charge is 0.508 e. The minimum Gasteiger partial charge on any atom is -0.508 e. The molecule has 0 spiro atoms. The number of ether oxygens (including phenoxy) is 1. The minimum atomic E-state index is -0.414. The van der Waals surface area contributed by atoms with Crippen LogP contribution in [-0.4, -0.2) is 29.0 Å². The van der Waals surface area contributed by atoms with E-state index in [4.69, 9.17) is 9.15 Å². The lowest BCUT2D eigenvalue weighted by Gasteiger charge is -2.14. The van der Waals surface area contributed by atoms with Crippen LogP contribution in [0.4, 0.5) is 0 Å². The van der Waals surface area contributed by atoms with Gasteiger partial charge in [0, 0.05) is 36.3 Å². The molecule has 2 aromatic carbocycles. The van der Waals surface area contributed by atoms with E-state index < -0.39 is 5.43 Å². The molecule has 3 aromatic rings. The Balaban J connectivity index is 2.11. The summed E-state index contributed by atoms with van der Waals surface area (Å²) in [5.41, 5.74) is 1.26. The Morgan fingerprint density at radius 2 is 1.86 bits per heavy atom. The van der Waals surface area contributed by atoms with E-state index in [0.29, 0.717) is 30.6 Å². The fourth-order valence-corrected chi connectivity index (χ4v) is 3.42. The molecule has 1 aromatic heterocycles. The average molecular weight is 384 g/mol. The van der Waals surface area contributed by atoms with Gasteiger partial charge in [-0.1, -0.05) is 32.4 Å². The highest BCUT2D eigenvalue weighted by molar-refractivity contribution is 5.88. The Morgan fingerprint density at radius 1 is 1.11 bits per heavy atom. The van der Waals surface area contributed by atoms with Gasteiger partial charge in [0.1, 0.15) is 34.0 Å². The lowest BCUT2D eigenvalue weighted by atomic mass is 9.98. The Bertz CT molecular complexity index is 1070. The average Bonchev–Trinajstić information content (AvgIpc) is 2.64. The molecule has 1 unspecified atom stereocenters. The first-order valence-corrected chi connectivity index (χ1v) is 9.21. The van der Waals surface area contributed by atoms with E-state index in [1.807, 2.05) is 13.8 Å². The van der Waals surface area contributed by atoms with Gasteiger partial charge in [0.2, 0.25) is 0 Å². The predicted molar refractivity (Wildman–Crippen MR) is 107 cm³/mol. The van der Waals surface area contributed by atoms with Gasteiger partial charge in [0.25, 0.3) is 0 Å². The first-order valence-electron chi connectivity index (χ1n) is 9.21. The van der Waals surface area contributed by atoms with Crippen LogP contribution in [0.5, 0.6) is 17.2 Å². The van der Waals surface area contributed by atoms with E-state index in [0.717, 1.165) is 5.56 Å². The van der Waals surface area contributed by atoms with E-state index >= 15 is 0 Å². The summed E-state index contributed by atoms with van der Waals surface area (Å²) in [4.78, 5) is 12.6. The van der Waals surface area contributed by atoms with Gasteiger partial charge in [-0.3, -0.25) is 4.79 Å². The van der Waals surface area contributed by atoms with Gasteiger partial charge in [-0.05, 0) is 18.1 Å². The molecule has 148 valence electrons. The molecule has 6 nitrogen and oxygen atoms in total. The molecule has 6 heteroatoms. The highest BCUT2D eigenvalue weighted by atomic mass is 16.5. The number of benzene rings is 2. The maximum absolute atomic E-state index is 12.6. The van der Waals surface area contributed by atoms with Crippen molar-refractivity contribution in [3.8, 4) is 28.6 Å². The number of hydrogen-bond donors (Lipinski definition) is 3. The van der Waals surface area contributed by atoms with E-state index in [1.165, 1.54) is 18.2 Å². The van der Waals surface area contributed by atoms with E-state index in [-0.39, 0.29) is 39.9 Å². The monoisotopic (exact) mass is 384 g/mol. The summed E-state index contributed by atoms with van der Waals surface area (Å²) in [6.45, 7) is 4.32. The number of phenols is 3. The van der Waals surface area contributed by atoms with Crippen LogP contribution < -0.4 is 5.43 Å². The molecule has 0 amide bonds. The number of phenolic OH excluding ortho intramolecular Hbond substituents is 3. The third kappa shape index (κ3) is 3.55. The van der Waals surface area contributed by atoms with Crippen LogP contribution in [0.2, 0.25) is 0 Å². The van der Waals surface area contributed by atoms with Crippen LogP contribution >= 0.6 is 0 Å². The Kier molecular flexibility index (Phi) is 5.61. The molecular weight excluding hydrogens is 360 g/mol.